The molecule has 0 amide bonds. The Morgan fingerprint density at radius 2 is 1.26 bits per heavy atom. The van der Waals surface area contributed by atoms with E-state index in [-0.39, 0.29) is 5.41 Å². The maximum absolute atomic E-state index is 6.52. The van der Waals surface area contributed by atoms with E-state index in [2.05, 4.69) is 164 Å². The van der Waals surface area contributed by atoms with Gasteiger partial charge in [-0.25, -0.2) is 0 Å². The predicted octanol–water partition coefficient (Wildman–Crippen LogP) is 14.3. The molecular weight excluding hydrogens is 659 g/mol. The number of hydrogen-bond acceptors (Lipinski definition) is 2. The first-order chi connectivity index (χ1) is 26.5. The number of nitrogens with zero attached hydrogens (tertiary/aromatic N) is 1. The fraction of sp³-hybridized carbons (Fsp3) is 0.0980. The van der Waals surface area contributed by atoms with Gasteiger partial charge in [0.1, 0.15) is 22.3 Å². The van der Waals surface area contributed by atoms with Crippen LogP contribution in [0, 0.1) is 0 Å². The van der Waals surface area contributed by atoms with E-state index in [4.69, 9.17) is 8.83 Å². The van der Waals surface area contributed by atoms with Gasteiger partial charge in [-0.2, -0.15) is 0 Å². The van der Waals surface area contributed by atoms with Crippen molar-refractivity contribution < 1.29 is 8.83 Å². The maximum Gasteiger partial charge on any atom is 0.143 e. The van der Waals surface area contributed by atoms with Gasteiger partial charge in [0.05, 0.1) is 11.0 Å². The normalized spacial score (nSPS) is 14.9. The predicted molar refractivity (Wildman–Crippen MR) is 225 cm³/mol. The van der Waals surface area contributed by atoms with Crippen LogP contribution in [0.1, 0.15) is 43.4 Å². The van der Waals surface area contributed by atoms with Crippen LogP contribution in [-0.4, -0.2) is 4.57 Å². The molecule has 0 fully saturated rings. The van der Waals surface area contributed by atoms with Crippen LogP contribution in [0.25, 0.3) is 99.2 Å². The Morgan fingerprint density at radius 1 is 0.537 bits per heavy atom. The van der Waals surface area contributed by atoms with Gasteiger partial charge in [0, 0.05) is 49.0 Å². The Hall–Kier alpha value is -6.58. The Labute approximate surface area is 312 Å². The molecule has 7 aromatic carbocycles. The van der Waals surface area contributed by atoms with Gasteiger partial charge in [-0.3, -0.25) is 0 Å². The second-order valence-electron chi connectivity index (χ2n) is 15.5. The summed E-state index contributed by atoms with van der Waals surface area (Å²) in [6.45, 7) is 4.74. The molecule has 0 bridgehead atoms. The molecule has 3 aromatic heterocycles. The molecule has 2 aliphatic carbocycles. The van der Waals surface area contributed by atoms with Gasteiger partial charge >= 0.3 is 0 Å². The molecule has 10 aromatic rings. The smallest absolute Gasteiger partial charge is 0.143 e. The van der Waals surface area contributed by atoms with Crippen LogP contribution < -0.4 is 0 Å². The highest BCUT2D eigenvalue weighted by Crippen LogP contribution is 2.54. The van der Waals surface area contributed by atoms with Gasteiger partial charge in [0.15, 0.2) is 0 Å². The molecule has 0 unspecified atom stereocenters. The van der Waals surface area contributed by atoms with Crippen molar-refractivity contribution in [2.24, 2.45) is 0 Å². The third-order valence-electron chi connectivity index (χ3n) is 12.2. The zero-order valence-electron chi connectivity index (χ0n) is 30.1. The van der Waals surface area contributed by atoms with Gasteiger partial charge in [-0.15, -0.1) is 0 Å². The van der Waals surface area contributed by atoms with Crippen LogP contribution in [0.4, 0.5) is 0 Å². The summed E-state index contributed by atoms with van der Waals surface area (Å²) in [5, 5.41) is 7.18. The molecule has 0 spiro atoms. The Balaban J connectivity index is 1.08. The first kappa shape index (κ1) is 29.9. The van der Waals surface area contributed by atoms with E-state index in [0.29, 0.717) is 0 Å². The molecule has 54 heavy (non-hydrogen) atoms. The van der Waals surface area contributed by atoms with Crippen molar-refractivity contribution in [1.82, 2.24) is 4.57 Å². The second kappa shape index (κ2) is 10.7. The van der Waals surface area contributed by atoms with E-state index in [1.807, 2.05) is 6.07 Å². The minimum Gasteiger partial charge on any atom is -0.456 e. The van der Waals surface area contributed by atoms with Gasteiger partial charge in [0.25, 0.3) is 0 Å². The fourth-order valence-corrected chi connectivity index (χ4v) is 9.70. The van der Waals surface area contributed by atoms with Crippen LogP contribution in [0.3, 0.4) is 0 Å². The van der Waals surface area contributed by atoms with Gasteiger partial charge in [-0.05, 0) is 106 Å². The molecule has 3 nitrogen and oxygen atoms in total. The van der Waals surface area contributed by atoms with E-state index in [1.54, 1.807) is 0 Å². The summed E-state index contributed by atoms with van der Waals surface area (Å²) in [4.78, 5) is 0. The summed E-state index contributed by atoms with van der Waals surface area (Å²) in [6.07, 6.45) is 9.11. The third kappa shape index (κ3) is 4.01. The SMILES string of the molecule is CC1(C)c2cc(-n3c4ccc(C5=CCCC=C5)cc4c4cc(-c5cccc6c5oc5ccccc56)ccc43)ccc2-c2ccc3oc4ccccc4c3c21. The number of allylic oxidation sites excluding steroid dienone is 4. The average Bonchev–Trinajstić information content (AvgIpc) is 3.94. The Morgan fingerprint density at radius 3 is 2.07 bits per heavy atom. The molecule has 0 saturated heterocycles. The maximum atomic E-state index is 6.52. The molecule has 2 aliphatic rings. The van der Waals surface area contributed by atoms with Crippen LogP contribution in [0.5, 0.6) is 0 Å². The quantitative estimate of drug-likeness (QED) is 0.184. The molecule has 0 atom stereocenters. The van der Waals surface area contributed by atoms with Crippen LogP contribution in [0.2, 0.25) is 0 Å². The standard InChI is InChI=1S/C51H35NO2/c1-51(2)42-29-33(21-22-35(42)37-23-26-47-48(49(37)51)39-14-7-9-18-46(39)53-47)52-43-24-19-31(30-11-4-3-5-12-30)27-40(43)41-28-32(20-25-44(41)52)34-15-10-16-38-36-13-6-8-17-45(36)54-50(34)38/h4,6-29H,3,5H2,1-2H3. The van der Waals surface area contributed by atoms with Gasteiger partial charge < -0.3 is 13.4 Å². The Bertz CT molecular complexity index is 3300. The fourth-order valence-electron chi connectivity index (χ4n) is 9.70. The molecule has 0 aliphatic heterocycles. The van der Waals surface area contributed by atoms with E-state index in [1.165, 1.54) is 71.7 Å². The number of aromatic nitrogens is 1. The van der Waals surface area contributed by atoms with Crippen molar-refractivity contribution in [3.8, 4) is 27.9 Å². The van der Waals surface area contributed by atoms with Crippen LogP contribution in [0.15, 0.2) is 161 Å². The molecular formula is C51H35NO2. The second-order valence-corrected chi connectivity index (χ2v) is 15.5. The molecule has 3 heteroatoms. The van der Waals surface area contributed by atoms with Crippen LogP contribution in [-0.2, 0) is 5.41 Å². The zero-order chi connectivity index (χ0) is 35.7. The number of rotatable bonds is 3. The lowest BCUT2D eigenvalue weighted by molar-refractivity contribution is 0.656. The highest BCUT2D eigenvalue weighted by atomic mass is 16.3. The zero-order valence-corrected chi connectivity index (χ0v) is 30.1. The molecule has 0 N–H and O–H groups in total. The minimum absolute atomic E-state index is 0.225. The third-order valence-corrected chi connectivity index (χ3v) is 12.2. The number of fused-ring (bicyclic) bond motifs is 13. The van der Waals surface area contributed by atoms with Crippen molar-refractivity contribution in [3.05, 3.63) is 168 Å². The van der Waals surface area contributed by atoms with Crippen molar-refractivity contribution in [3.63, 3.8) is 0 Å². The summed E-state index contributed by atoms with van der Waals surface area (Å²) in [5.41, 5.74) is 17.1. The molecule has 0 saturated carbocycles. The van der Waals surface area contributed by atoms with Gasteiger partial charge in [-0.1, -0.05) is 111 Å². The van der Waals surface area contributed by atoms with E-state index in [0.717, 1.165) is 57.1 Å². The average molecular weight is 694 g/mol. The summed E-state index contributed by atoms with van der Waals surface area (Å²) < 4.78 is 15.3. The van der Waals surface area contributed by atoms with Crippen molar-refractivity contribution in [2.45, 2.75) is 32.1 Å². The number of furan rings is 2. The van der Waals surface area contributed by atoms with Crippen molar-refractivity contribution in [2.75, 3.05) is 0 Å². The summed E-state index contributed by atoms with van der Waals surface area (Å²) in [5.74, 6) is 0. The molecule has 256 valence electrons. The molecule has 0 radical (unpaired) electrons. The molecule has 12 rings (SSSR count). The number of para-hydroxylation sites is 3. The lowest BCUT2D eigenvalue weighted by atomic mass is 9.80. The summed E-state index contributed by atoms with van der Waals surface area (Å²) >= 11 is 0. The minimum atomic E-state index is -0.225. The van der Waals surface area contributed by atoms with Crippen molar-refractivity contribution in [1.29, 1.82) is 0 Å². The Kier molecular flexibility index (Phi) is 5.96. The highest BCUT2D eigenvalue weighted by molar-refractivity contribution is 6.14. The topological polar surface area (TPSA) is 31.2 Å². The monoisotopic (exact) mass is 693 g/mol. The lowest BCUT2D eigenvalue weighted by Gasteiger charge is -2.23. The van der Waals surface area contributed by atoms with E-state index in [9.17, 15) is 0 Å². The largest absolute Gasteiger partial charge is 0.456 e. The van der Waals surface area contributed by atoms with E-state index < -0.39 is 0 Å². The summed E-state index contributed by atoms with van der Waals surface area (Å²) in [7, 11) is 0. The van der Waals surface area contributed by atoms with Crippen molar-refractivity contribution >= 4 is 71.3 Å². The number of benzene rings is 7. The first-order valence-corrected chi connectivity index (χ1v) is 19.0. The summed E-state index contributed by atoms with van der Waals surface area (Å²) in [6, 6.07) is 48.7. The first-order valence-electron chi connectivity index (χ1n) is 19.0. The lowest BCUT2D eigenvalue weighted by Crippen LogP contribution is -2.15. The molecule has 3 heterocycles. The highest BCUT2D eigenvalue weighted by Gasteiger charge is 2.38. The number of hydrogen-bond donors (Lipinski definition) is 0. The van der Waals surface area contributed by atoms with Crippen LogP contribution >= 0.6 is 0 Å². The van der Waals surface area contributed by atoms with Gasteiger partial charge in [0.2, 0.25) is 0 Å². The van der Waals surface area contributed by atoms with E-state index >= 15 is 0 Å².